The largest absolute Gasteiger partial charge is 0.381 e. The molecule has 1 N–H and O–H groups in total. The van der Waals surface area contributed by atoms with E-state index in [2.05, 4.69) is 14.7 Å². The van der Waals surface area contributed by atoms with Gasteiger partial charge in [-0.05, 0) is 55.7 Å². The fraction of sp³-hybridized carbons (Fsp3) is 0.526. The van der Waals surface area contributed by atoms with Crippen molar-refractivity contribution in [3.8, 4) is 0 Å². The fourth-order valence-corrected chi connectivity index (χ4v) is 5.68. The molecule has 28 heavy (non-hydrogen) atoms. The molecule has 1 amide bonds. The zero-order valence-corrected chi connectivity index (χ0v) is 17.0. The van der Waals surface area contributed by atoms with Crippen LogP contribution >= 0.6 is 11.5 Å². The van der Waals surface area contributed by atoms with Crippen molar-refractivity contribution in [2.75, 3.05) is 18.5 Å². The van der Waals surface area contributed by atoms with E-state index in [0.717, 1.165) is 42.8 Å². The van der Waals surface area contributed by atoms with E-state index in [0.29, 0.717) is 35.6 Å². The predicted octanol–water partition coefficient (Wildman–Crippen LogP) is 3.01. The first kappa shape index (κ1) is 19.5. The summed E-state index contributed by atoms with van der Waals surface area (Å²) in [6, 6.07) is 6.83. The van der Waals surface area contributed by atoms with Crippen molar-refractivity contribution in [2.24, 2.45) is 5.92 Å². The second-order valence-corrected chi connectivity index (χ2v) is 10.4. The summed E-state index contributed by atoms with van der Waals surface area (Å²) in [7, 11) is -3.23. The van der Waals surface area contributed by atoms with Crippen LogP contribution in [0.5, 0.6) is 0 Å². The number of rotatable bonds is 7. The van der Waals surface area contributed by atoms with Crippen LogP contribution in [0, 0.1) is 5.92 Å². The van der Waals surface area contributed by atoms with E-state index in [-0.39, 0.29) is 17.1 Å². The summed E-state index contributed by atoms with van der Waals surface area (Å²) in [5.74, 6) is -0.112. The highest BCUT2D eigenvalue weighted by atomic mass is 32.2. The highest BCUT2D eigenvalue weighted by molar-refractivity contribution is 7.92. The molecule has 2 heterocycles. The van der Waals surface area contributed by atoms with Gasteiger partial charge in [0.15, 0.2) is 9.84 Å². The first-order chi connectivity index (χ1) is 13.5. The van der Waals surface area contributed by atoms with Crippen LogP contribution in [0.4, 0.5) is 5.13 Å². The number of ether oxygens (including phenoxy) is 1. The number of nitrogens with one attached hydrogen (secondary N) is 1. The van der Waals surface area contributed by atoms with E-state index in [4.69, 9.17) is 4.74 Å². The minimum atomic E-state index is -3.23. The molecule has 9 heteroatoms. The number of aromatic nitrogens is 2. The number of amides is 1. The Bertz CT molecular complexity index is 903. The third-order valence-electron chi connectivity index (χ3n) is 5.39. The minimum Gasteiger partial charge on any atom is -0.381 e. The topological polar surface area (TPSA) is 98.2 Å². The van der Waals surface area contributed by atoms with Crippen LogP contribution in [0.3, 0.4) is 0 Å². The van der Waals surface area contributed by atoms with E-state index in [1.165, 1.54) is 6.33 Å². The van der Waals surface area contributed by atoms with Gasteiger partial charge in [0.05, 0.1) is 16.1 Å². The Hall–Kier alpha value is -1.84. The van der Waals surface area contributed by atoms with E-state index < -0.39 is 9.84 Å². The molecule has 7 nitrogen and oxygen atoms in total. The Morgan fingerprint density at radius 3 is 2.50 bits per heavy atom. The maximum atomic E-state index is 13.0. The molecule has 0 radical (unpaired) electrons. The molecule has 2 aromatic rings. The number of carbonyl (C=O) groups excluding carboxylic acids is 1. The van der Waals surface area contributed by atoms with Gasteiger partial charge in [-0.3, -0.25) is 4.79 Å². The number of anilines is 1. The highest BCUT2D eigenvalue weighted by Crippen LogP contribution is 2.35. The van der Waals surface area contributed by atoms with Gasteiger partial charge in [0.2, 0.25) is 11.0 Å². The van der Waals surface area contributed by atoms with Gasteiger partial charge in [0, 0.05) is 24.7 Å². The summed E-state index contributed by atoms with van der Waals surface area (Å²) < 4.78 is 34.2. The van der Waals surface area contributed by atoms with Gasteiger partial charge in [-0.1, -0.05) is 12.1 Å². The predicted molar refractivity (Wildman–Crippen MR) is 106 cm³/mol. The molecule has 1 saturated heterocycles. The lowest BCUT2D eigenvalue weighted by Gasteiger charge is -2.26. The zero-order valence-electron chi connectivity index (χ0n) is 15.4. The van der Waals surface area contributed by atoms with Crippen molar-refractivity contribution >= 4 is 32.4 Å². The van der Waals surface area contributed by atoms with Crippen molar-refractivity contribution in [2.45, 2.75) is 48.2 Å². The molecule has 1 aromatic carbocycles. The van der Waals surface area contributed by atoms with Gasteiger partial charge in [-0.15, -0.1) is 0 Å². The molecule has 1 aliphatic carbocycles. The monoisotopic (exact) mass is 421 g/mol. The summed E-state index contributed by atoms with van der Waals surface area (Å²) in [6.45, 7) is 1.43. The van der Waals surface area contributed by atoms with Crippen molar-refractivity contribution < 1.29 is 17.9 Å². The Labute approximate surface area is 168 Å². The lowest BCUT2D eigenvalue weighted by Crippen LogP contribution is -2.26. The Morgan fingerprint density at radius 2 is 1.89 bits per heavy atom. The number of hydrogen-bond acceptors (Lipinski definition) is 7. The van der Waals surface area contributed by atoms with E-state index in [1.807, 2.05) is 0 Å². The second-order valence-electron chi connectivity index (χ2n) is 7.39. The van der Waals surface area contributed by atoms with Crippen LogP contribution < -0.4 is 5.32 Å². The van der Waals surface area contributed by atoms with Crippen LogP contribution in [0.25, 0.3) is 0 Å². The van der Waals surface area contributed by atoms with Crippen LogP contribution in [-0.2, 0) is 19.4 Å². The molecule has 0 bridgehead atoms. The normalized spacial score (nSPS) is 19.3. The lowest BCUT2D eigenvalue weighted by atomic mass is 9.84. The summed E-state index contributed by atoms with van der Waals surface area (Å²) >= 11 is 1.13. The first-order valence-electron chi connectivity index (χ1n) is 9.53. The van der Waals surface area contributed by atoms with Crippen molar-refractivity contribution in [1.29, 1.82) is 0 Å². The molecule has 2 aliphatic rings. The van der Waals surface area contributed by atoms with E-state index in [9.17, 15) is 13.2 Å². The highest BCUT2D eigenvalue weighted by Gasteiger charge is 2.37. The number of nitrogens with zero attached hydrogens (tertiary/aromatic N) is 2. The fourth-order valence-electron chi connectivity index (χ4n) is 3.59. The minimum absolute atomic E-state index is 0.138. The smallest absolute Gasteiger partial charge is 0.233 e. The van der Waals surface area contributed by atoms with Crippen LogP contribution in [0.1, 0.15) is 43.6 Å². The zero-order chi connectivity index (χ0) is 19.6. The van der Waals surface area contributed by atoms with E-state index >= 15 is 0 Å². The average Bonchev–Trinajstić information content (AvgIpc) is 3.46. The number of hydrogen-bond donors (Lipinski definition) is 1. The molecule has 1 saturated carbocycles. The van der Waals surface area contributed by atoms with Gasteiger partial charge in [0.25, 0.3) is 0 Å². The van der Waals surface area contributed by atoms with E-state index in [1.54, 1.807) is 24.3 Å². The molecule has 1 aliphatic heterocycles. The second kappa shape index (κ2) is 8.26. The van der Waals surface area contributed by atoms with Gasteiger partial charge in [-0.25, -0.2) is 13.4 Å². The first-order valence-corrected chi connectivity index (χ1v) is 11.8. The van der Waals surface area contributed by atoms with Crippen LogP contribution in [-0.4, -0.2) is 42.1 Å². The van der Waals surface area contributed by atoms with Crippen LogP contribution in [0.2, 0.25) is 0 Å². The molecule has 4 rings (SSSR count). The van der Waals surface area contributed by atoms with Gasteiger partial charge >= 0.3 is 0 Å². The van der Waals surface area contributed by atoms with Crippen LogP contribution in [0.15, 0.2) is 35.5 Å². The van der Waals surface area contributed by atoms with Crippen molar-refractivity contribution in [3.05, 3.63) is 36.2 Å². The summed E-state index contributed by atoms with van der Waals surface area (Å²) in [6.07, 6.45) is 5.43. The average molecular weight is 422 g/mol. The van der Waals surface area contributed by atoms with Gasteiger partial charge < -0.3 is 10.1 Å². The quantitative estimate of drug-likeness (QED) is 0.738. The molecule has 2 fully saturated rings. The Morgan fingerprint density at radius 1 is 1.18 bits per heavy atom. The summed E-state index contributed by atoms with van der Waals surface area (Å²) in [4.78, 5) is 17.3. The molecular formula is C19H23N3O4S2. The molecule has 1 atom stereocenters. The Balaban J connectivity index is 1.55. The third kappa shape index (κ3) is 4.42. The molecule has 1 unspecified atom stereocenters. The molecule has 0 spiro atoms. The van der Waals surface area contributed by atoms with Gasteiger partial charge in [-0.2, -0.15) is 4.37 Å². The van der Waals surface area contributed by atoms with Gasteiger partial charge in [0.1, 0.15) is 6.33 Å². The van der Waals surface area contributed by atoms with Crippen molar-refractivity contribution in [1.82, 2.24) is 9.36 Å². The maximum Gasteiger partial charge on any atom is 0.233 e. The molecule has 150 valence electrons. The standard InChI is InChI=1S/C19H23N3O4S2/c23-18(22-19-20-12-21-27-19)17(11-13-7-9-26-10-8-13)14-1-3-15(4-2-14)28(24,25)16-5-6-16/h1-4,12-13,16-17H,5-11H2,(H,20,21,22,23). The number of carbonyl (C=O) groups is 1. The molecular weight excluding hydrogens is 398 g/mol. The molecule has 1 aromatic heterocycles. The summed E-state index contributed by atoms with van der Waals surface area (Å²) in [5, 5.41) is 3.07. The Kier molecular flexibility index (Phi) is 5.75. The SMILES string of the molecule is O=C(Nc1ncns1)C(CC1CCOCC1)c1ccc(S(=O)(=O)C2CC2)cc1. The number of sulfone groups is 1. The lowest BCUT2D eigenvalue weighted by molar-refractivity contribution is -0.118. The maximum absolute atomic E-state index is 13.0. The summed E-state index contributed by atoms with van der Waals surface area (Å²) in [5.41, 5.74) is 0.822. The number of benzene rings is 1. The van der Waals surface area contributed by atoms with Crippen molar-refractivity contribution in [3.63, 3.8) is 0 Å². The third-order valence-corrected chi connectivity index (χ3v) is 8.25.